The van der Waals surface area contributed by atoms with E-state index in [0.717, 1.165) is 17.0 Å². The maximum atomic E-state index is 13.1. The van der Waals surface area contributed by atoms with E-state index in [4.69, 9.17) is 10.00 Å². The van der Waals surface area contributed by atoms with Gasteiger partial charge in [0.05, 0.1) is 17.2 Å². The third-order valence-electron chi connectivity index (χ3n) is 4.47. The van der Waals surface area contributed by atoms with Crippen molar-refractivity contribution in [2.24, 2.45) is 0 Å². The Kier molecular flexibility index (Phi) is 5.80. The highest BCUT2D eigenvalue weighted by Crippen LogP contribution is 2.19. The van der Waals surface area contributed by atoms with Crippen molar-refractivity contribution in [1.82, 2.24) is 4.90 Å². The third-order valence-corrected chi connectivity index (χ3v) is 4.47. The molecule has 1 aliphatic heterocycles. The van der Waals surface area contributed by atoms with Gasteiger partial charge in [0.2, 0.25) is 0 Å². The van der Waals surface area contributed by atoms with Crippen molar-refractivity contribution in [3.05, 3.63) is 71.0 Å². The van der Waals surface area contributed by atoms with Gasteiger partial charge in [0.15, 0.2) is 6.10 Å². The van der Waals surface area contributed by atoms with Crippen LogP contribution in [0.25, 0.3) is 0 Å². The molecule has 0 bridgehead atoms. The Labute approximate surface area is 161 Å². The molecule has 1 atom stereocenters. The van der Waals surface area contributed by atoms with Crippen molar-refractivity contribution >= 4 is 17.8 Å². The summed E-state index contributed by atoms with van der Waals surface area (Å²) < 4.78 is 18.4. The van der Waals surface area contributed by atoms with Gasteiger partial charge < -0.3 is 4.74 Å². The minimum Gasteiger partial charge on any atom is -0.449 e. The lowest BCUT2D eigenvalue weighted by Crippen LogP contribution is -2.43. The molecular weight excluding hydrogens is 363 g/mol. The molecule has 0 aliphatic carbocycles. The van der Waals surface area contributed by atoms with Gasteiger partial charge in [-0.1, -0.05) is 0 Å². The van der Waals surface area contributed by atoms with Crippen LogP contribution in [0.3, 0.4) is 0 Å². The molecule has 0 unspecified atom stereocenters. The zero-order chi connectivity index (χ0) is 20.1. The van der Waals surface area contributed by atoms with Gasteiger partial charge in [-0.3, -0.25) is 14.5 Å². The first kappa shape index (κ1) is 19.2. The molecule has 2 amide bonds. The van der Waals surface area contributed by atoms with Crippen LogP contribution in [-0.4, -0.2) is 35.3 Å². The Morgan fingerprint density at radius 2 is 1.68 bits per heavy atom. The molecule has 7 heteroatoms. The summed E-state index contributed by atoms with van der Waals surface area (Å²) in [6, 6.07) is 12.7. The minimum absolute atomic E-state index is 0.189. The van der Waals surface area contributed by atoms with Gasteiger partial charge in [-0.15, -0.1) is 0 Å². The third kappa shape index (κ3) is 4.23. The molecule has 2 aromatic rings. The summed E-state index contributed by atoms with van der Waals surface area (Å²) in [5.41, 5.74) is 0.805. The number of halogens is 1. The second-order valence-corrected chi connectivity index (χ2v) is 6.38. The van der Waals surface area contributed by atoms with E-state index in [1.54, 1.807) is 0 Å². The number of carbonyl (C=O) groups excluding carboxylic acids is 3. The summed E-state index contributed by atoms with van der Waals surface area (Å²) in [6.07, 6.45) is 0.442. The molecule has 1 saturated heterocycles. The highest BCUT2D eigenvalue weighted by Gasteiger charge is 2.34. The molecule has 0 aromatic heterocycles. The lowest BCUT2D eigenvalue weighted by atomic mass is 10.1. The number of benzene rings is 2. The topological polar surface area (TPSA) is 87.5 Å². The van der Waals surface area contributed by atoms with Gasteiger partial charge >= 0.3 is 5.97 Å². The van der Waals surface area contributed by atoms with E-state index in [1.165, 1.54) is 36.4 Å². The first-order valence-corrected chi connectivity index (χ1v) is 8.82. The molecule has 1 fully saturated rings. The Balaban J connectivity index is 1.74. The SMILES string of the molecule is N#Cc1ccc(C(=O)O[C@@H]2CCCCN(C(=O)c3ccc(F)cc3)C2=O)cc1. The number of hydrogen-bond acceptors (Lipinski definition) is 5. The van der Waals surface area contributed by atoms with Crippen LogP contribution in [0.15, 0.2) is 48.5 Å². The van der Waals surface area contributed by atoms with E-state index in [1.807, 2.05) is 6.07 Å². The average molecular weight is 380 g/mol. The van der Waals surface area contributed by atoms with Crippen LogP contribution in [-0.2, 0) is 9.53 Å². The van der Waals surface area contributed by atoms with Gasteiger partial charge in [0.1, 0.15) is 5.82 Å². The fourth-order valence-corrected chi connectivity index (χ4v) is 2.94. The Morgan fingerprint density at radius 1 is 1.04 bits per heavy atom. The number of esters is 1. The molecule has 3 rings (SSSR count). The molecule has 28 heavy (non-hydrogen) atoms. The monoisotopic (exact) mass is 380 g/mol. The first-order valence-electron chi connectivity index (χ1n) is 8.82. The Bertz CT molecular complexity index is 932. The van der Waals surface area contributed by atoms with E-state index >= 15 is 0 Å². The summed E-state index contributed by atoms with van der Waals surface area (Å²) >= 11 is 0. The number of nitrogens with zero attached hydrogens (tertiary/aromatic N) is 2. The summed E-state index contributed by atoms with van der Waals surface area (Å²) in [5, 5.41) is 8.82. The molecule has 1 aliphatic rings. The molecule has 0 spiro atoms. The van der Waals surface area contributed by atoms with Crippen molar-refractivity contribution in [1.29, 1.82) is 5.26 Å². The standard InChI is InChI=1S/C21H17FN2O4/c22-17-10-8-15(9-11-17)19(25)24-12-2-1-3-18(20(24)26)28-21(27)16-6-4-14(13-23)5-7-16/h4-11,18H,1-3,12H2/t18-/m1/s1. The fraction of sp³-hybridized carbons (Fsp3) is 0.238. The predicted molar refractivity (Wildman–Crippen MR) is 96.7 cm³/mol. The zero-order valence-corrected chi connectivity index (χ0v) is 14.9. The quantitative estimate of drug-likeness (QED) is 0.603. The normalized spacial score (nSPS) is 16.8. The van der Waals surface area contributed by atoms with Crippen molar-refractivity contribution in [3.8, 4) is 6.07 Å². The fourth-order valence-electron chi connectivity index (χ4n) is 2.94. The maximum Gasteiger partial charge on any atom is 0.338 e. The van der Waals surface area contributed by atoms with E-state index in [9.17, 15) is 18.8 Å². The van der Waals surface area contributed by atoms with Gasteiger partial charge in [0, 0.05) is 12.1 Å². The molecule has 142 valence electrons. The Morgan fingerprint density at radius 3 is 2.32 bits per heavy atom. The largest absolute Gasteiger partial charge is 0.449 e. The predicted octanol–water partition coefficient (Wildman–Crippen LogP) is 3.08. The smallest absolute Gasteiger partial charge is 0.338 e. The second kappa shape index (κ2) is 8.44. The van der Waals surface area contributed by atoms with Crippen LogP contribution < -0.4 is 0 Å². The van der Waals surface area contributed by atoms with Gasteiger partial charge in [-0.2, -0.15) is 5.26 Å². The summed E-state index contributed by atoms with van der Waals surface area (Å²) in [6.45, 7) is 0.208. The van der Waals surface area contributed by atoms with E-state index in [2.05, 4.69) is 0 Å². The number of imide groups is 1. The van der Waals surface area contributed by atoms with Crippen LogP contribution in [0.4, 0.5) is 4.39 Å². The minimum atomic E-state index is -1.07. The van der Waals surface area contributed by atoms with Gasteiger partial charge in [0.25, 0.3) is 11.8 Å². The lowest BCUT2D eigenvalue weighted by molar-refractivity contribution is -0.137. The van der Waals surface area contributed by atoms with Crippen molar-refractivity contribution < 1.29 is 23.5 Å². The molecule has 0 radical (unpaired) electrons. The number of rotatable bonds is 3. The molecular formula is C21H17FN2O4. The van der Waals surface area contributed by atoms with E-state index in [0.29, 0.717) is 24.8 Å². The molecule has 0 N–H and O–H groups in total. The van der Waals surface area contributed by atoms with Crippen molar-refractivity contribution in [2.75, 3.05) is 6.54 Å². The number of hydrogen-bond donors (Lipinski definition) is 0. The van der Waals surface area contributed by atoms with Crippen LogP contribution in [0.2, 0.25) is 0 Å². The van der Waals surface area contributed by atoms with Crippen LogP contribution in [0, 0.1) is 17.1 Å². The lowest BCUT2D eigenvalue weighted by Gasteiger charge is -2.22. The maximum absolute atomic E-state index is 13.1. The van der Waals surface area contributed by atoms with Crippen molar-refractivity contribution in [2.45, 2.75) is 25.4 Å². The van der Waals surface area contributed by atoms with Gasteiger partial charge in [-0.05, 0) is 67.8 Å². The summed E-state index contributed by atoms with van der Waals surface area (Å²) in [4.78, 5) is 38.9. The number of amides is 2. The molecule has 6 nitrogen and oxygen atoms in total. The molecule has 2 aromatic carbocycles. The van der Waals surface area contributed by atoms with Gasteiger partial charge in [-0.25, -0.2) is 9.18 Å². The summed E-state index contributed by atoms with van der Waals surface area (Å²) in [7, 11) is 0. The average Bonchev–Trinajstić information content (AvgIpc) is 2.90. The van der Waals surface area contributed by atoms with Crippen LogP contribution in [0.5, 0.6) is 0 Å². The molecule has 1 heterocycles. The zero-order valence-electron chi connectivity index (χ0n) is 14.9. The number of ether oxygens (including phenoxy) is 1. The second-order valence-electron chi connectivity index (χ2n) is 6.38. The first-order chi connectivity index (χ1) is 13.5. The summed E-state index contributed by atoms with van der Waals surface area (Å²) in [5.74, 6) is -2.31. The van der Waals surface area contributed by atoms with Crippen LogP contribution in [0.1, 0.15) is 45.5 Å². The van der Waals surface area contributed by atoms with E-state index < -0.39 is 29.7 Å². The van der Waals surface area contributed by atoms with Crippen molar-refractivity contribution in [3.63, 3.8) is 0 Å². The number of nitriles is 1. The van der Waals surface area contributed by atoms with E-state index in [-0.39, 0.29) is 17.7 Å². The van der Waals surface area contributed by atoms with Crippen LogP contribution >= 0.6 is 0 Å². The highest BCUT2D eigenvalue weighted by molar-refractivity contribution is 6.06. The Hall–Kier alpha value is -3.53. The number of carbonyl (C=O) groups is 3. The molecule has 0 saturated carbocycles. The number of likely N-dealkylation sites (tertiary alicyclic amines) is 1. The highest BCUT2D eigenvalue weighted by atomic mass is 19.1.